The van der Waals surface area contributed by atoms with Gasteiger partial charge in [0, 0.05) is 11.8 Å². The molecule has 2 atom stereocenters. The van der Waals surface area contributed by atoms with E-state index in [0.29, 0.717) is 11.8 Å². The van der Waals surface area contributed by atoms with E-state index in [1.807, 2.05) is 0 Å². The molecular formula is C27H30. The van der Waals surface area contributed by atoms with Crippen molar-refractivity contribution in [3.63, 3.8) is 0 Å². The monoisotopic (exact) mass is 354 g/mol. The third kappa shape index (κ3) is 2.90. The lowest BCUT2D eigenvalue weighted by Crippen LogP contribution is -2.09. The van der Waals surface area contributed by atoms with E-state index in [0.717, 1.165) is 5.92 Å². The van der Waals surface area contributed by atoms with Crippen LogP contribution in [0.25, 0.3) is 12.2 Å². The van der Waals surface area contributed by atoms with Crippen LogP contribution in [0, 0.1) is 0 Å². The summed E-state index contributed by atoms with van der Waals surface area (Å²) in [7, 11) is 0. The zero-order valence-electron chi connectivity index (χ0n) is 16.7. The summed E-state index contributed by atoms with van der Waals surface area (Å²) in [5.41, 5.74) is 10.8. The van der Waals surface area contributed by atoms with Crippen LogP contribution in [0.1, 0.15) is 97.9 Å². The van der Waals surface area contributed by atoms with Crippen LogP contribution in [-0.2, 0) is 0 Å². The second kappa shape index (κ2) is 6.82. The second-order valence-corrected chi connectivity index (χ2v) is 8.93. The molecule has 3 aliphatic carbocycles. The van der Waals surface area contributed by atoms with E-state index in [2.05, 4.69) is 68.5 Å². The highest BCUT2D eigenvalue weighted by molar-refractivity contribution is 5.71. The van der Waals surface area contributed by atoms with Crippen LogP contribution in [0.4, 0.5) is 0 Å². The molecule has 0 saturated heterocycles. The minimum Gasteiger partial charge on any atom is -0.0652 e. The van der Waals surface area contributed by atoms with Crippen molar-refractivity contribution in [1.82, 2.24) is 0 Å². The molecule has 0 N–H and O–H groups in total. The smallest absolute Gasteiger partial charge is 0.00636 e. The van der Waals surface area contributed by atoms with Crippen molar-refractivity contribution in [2.24, 2.45) is 0 Å². The van der Waals surface area contributed by atoms with Crippen LogP contribution in [0.5, 0.6) is 0 Å². The van der Waals surface area contributed by atoms with Gasteiger partial charge in [-0.3, -0.25) is 0 Å². The Labute approximate surface area is 164 Å². The van der Waals surface area contributed by atoms with Gasteiger partial charge in [0.25, 0.3) is 0 Å². The van der Waals surface area contributed by atoms with Crippen molar-refractivity contribution in [1.29, 1.82) is 0 Å². The standard InChI is InChI=1S/C27H30/c1-18-15-21-11-6-7-12-23(21)25(18)17-26-19(2)16-27-22(13-8-14-24(26)27)20-9-4-3-5-10-20/h6-8,11-16,20,25-26H,3-5,9-10,17H2,1-2H3. The molecule has 0 aliphatic heterocycles. The first kappa shape index (κ1) is 17.0. The number of hydrogen-bond donors (Lipinski definition) is 0. The normalized spacial score (nSPS) is 24.4. The number of allylic oxidation sites excluding steroid dienone is 2. The highest BCUT2D eigenvalue weighted by Gasteiger charge is 2.32. The molecule has 0 radical (unpaired) electrons. The fourth-order valence-electron chi connectivity index (χ4n) is 5.83. The lowest BCUT2D eigenvalue weighted by atomic mass is 9.79. The molecule has 5 rings (SSSR count). The van der Waals surface area contributed by atoms with Crippen molar-refractivity contribution >= 4 is 12.2 Å². The molecule has 2 unspecified atom stereocenters. The fourth-order valence-corrected chi connectivity index (χ4v) is 5.83. The maximum Gasteiger partial charge on any atom is 0.00636 e. The molecule has 2 aromatic carbocycles. The highest BCUT2D eigenvalue weighted by Crippen LogP contribution is 2.49. The van der Waals surface area contributed by atoms with Crippen LogP contribution in [0.2, 0.25) is 0 Å². The Morgan fingerprint density at radius 2 is 1.37 bits per heavy atom. The first-order chi connectivity index (χ1) is 13.2. The average molecular weight is 355 g/mol. The Morgan fingerprint density at radius 1 is 0.704 bits per heavy atom. The summed E-state index contributed by atoms with van der Waals surface area (Å²) in [6.07, 6.45) is 13.1. The van der Waals surface area contributed by atoms with Crippen molar-refractivity contribution in [3.05, 3.63) is 81.4 Å². The third-order valence-electron chi connectivity index (χ3n) is 7.29. The summed E-state index contributed by atoms with van der Waals surface area (Å²) >= 11 is 0. The van der Waals surface area contributed by atoms with Gasteiger partial charge in [0.05, 0.1) is 0 Å². The van der Waals surface area contributed by atoms with Gasteiger partial charge in [0.15, 0.2) is 0 Å². The molecule has 1 fully saturated rings. The topological polar surface area (TPSA) is 0 Å². The second-order valence-electron chi connectivity index (χ2n) is 8.93. The van der Waals surface area contributed by atoms with E-state index < -0.39 is 0 Å². The van der Waals surface area contributed by atoms with Crippen LogP contribution in [0.15, 0.2) is 53.6 Å². The summed E-state index contributed by atoms with van der Waals surface area (Å²) < 4.78 is 0. The molecule has 0 heterocycles. The van der Waals surface area contributed by atoms with Crippen LogP contribution < -0.4 is 0 Å². The molecule has 0 spiro atoms. The van der Waals surface area contributed by atoms with E-state index in [4.69, 9.17) is 0 Å². The van der Waals surface area contributed by atoms with Crippen molar-refractivity contribution in [2.45, 2.75) is 70.1 Å². The first-order valence-corrected chi connectivity index (χ1v) is 10.8. The number of hydrogen-bond acceptors (Lipinski definition) is 0. The number of fused-ring (bicyclic) bond motifs is 2. The summed E-state index contributed by atoms with van der Waals surface area (Å²) in [5, 5.41) is 0. The van der Waals surface area contributed by atoms with Crippen molar-refractivity contribution in [3.8, 4) is 0 Å². The molecule has 0 nitrogen and oxygen atoms in total. The highest BCUT2D eigenvalue weighted by atomic mass is 14.4. The maximum absolute atomic E-state index is 2.52. The van der Waals surface area contributed by atoms with E-state index in [-0.39, 0.29) is 0 Å². The summed E-state index contributed by atoms with van der Waals surface area (Å²) in [5.74, 6) is 1.92. The van der Waals surface area contributed by atoms with Crippen molar-refractivity contribution in [2.75, 3.05) is 0 Å². The van der Waals surface area contributed by atoms with E-state index >= 15 is 0 Å². The van der Waals surface area contributed by atoms with Gasteiger partial charge >= 0.3 is 0 Å². The van der Waals surface area contributed by atoms with Gasteiger partial charge in [-0.05, 0) is 66.8 Å². The van der Waals surface area contributed by atoms with E-state index in [9.17, 15) is 0 Å². The molecule has 0 aromatic heterocycles. The summed E-state index contributed by atoms with van der Waals surface area (Å²) in [6, 6.07) is 16.1. The Hall–Kier alpha value is -2.08. The molecule has 3 aliphatic rings. The lowest BCUT2D eigenvalue weighted by molar-refractivity contribution is 0.443. The quantitative estimate of drug-likeness (QED) is 0.527. The zero-order valence-corrected chi connectivity index (χ0v) is 16.7. The van der Waals surface area contributed by atoms with Gasteiger partial charge in [0.2, 0.25) is 0 Å². The van der Waals surface area contributed by atoms with E-state index in [1.54, 1.807) is 22.3 Å². The SMILES string of the molecule is CC1=Cc2ccccc2C1CC1C(C)=Cc2c(C3CCCCC3)cccc21. The van der Waals surface area contributed by atoms with E-state index in [1.165, 1.54) is 55.2 Å². The molecule has 0 amide bonds. The third-order valence-corrected chi connectivity index (χ3v) is 7.29. The average Bonchev–Trinajstić information content (AvgIpc) is 3.19. The molecule has 0 bridgehead atoms. The largest absolute Gasteiger partial charge is 0.0652 e. The van der Waals surface area contributed by atoms with Gasteiger partial charge in [-0.1, -0.05) is 85.0 Å². The molecule has 138 valence electrons. The predicted octanol–water partition coefficient (Wildman–Crippen LogP) is 7.83. The maximum atomic E-state index is 2.52. The Morgan fingerprint density at radius 3 is 2.22 bits per heavy atom. The number of benzene rings is 2. The lowest BCUT2D eigenvalue weighted by Gasteiger charge is -2.25. The van der Waals surface area contributed by atoms with Gasteiger partial charge in [-0.15, -0.1) is 0 Å². The Balaban J connectivity index is 1.47. The summed E-state index contributed by atoms with van der Waals surface area (Å²) in [4.78, 5) is 0. The summed E-state index contributed by atoms with van der Waals surface area (Å²) in [6.45, 7) is 4.67. The van der Waals surface area contributed by atoms with Gasteiger partial charge in [-0.25, -0.2) is 0 Å². The molecular weight excluding hydrogens is 324 g/mol. The Bertz CT molecular complexity index is 921. The first-order valence-electron chi connectivity index (χ1n) is 10.8. The van der Waals surface area contributed by atoms with Crippen LogP contribution in [-0.4, -0.2) is 0 Å². The van der Waals surface area contributed by atoms with Crippen LogP contribution >= 0.6 is 0 Å². The fraction of sp³-hybridized carbons (Fsp3) is 0.407. The number of rotatable bonds is 3. The molecule has 0 heteroatoms. The van der Waals surface area contributed by atoms with Crippen LogP contribution in [0.3, 0.4) is 0 Å². The minimum atomic E-state index is 0.568. The minimum absolute atomic E-state index is 0.568. The molecule has 1 saturated carbocycles. The predicted molar refractivity (Wildman–Crippen MR) is 116 cm³/mol. The van der Waals surface area contributed by atoms with Gasteiger partial charge < -0.3 is 0 Å². The zero-order chi connectivity index (χ0) is 18.4. The molecule has 27 heavy (non-hydrogen) atoms. The Kier molecular flexibility index (Phi) is 4.31. The molecule has 2 aromatic rings. The van der Waals surface area contributed by atoms with Gasteiger partial charge in [0.1, 0.15) is 0 Å². The van der Waals surface area contributed by atoms with Crippen molar-refractivity contribution < 1.29 is 0 Å². The van der Waals surface area contributed by atoms with Gasteiger partial charge in [-0.2, -0.15) is 0 Å².